The Balaban J connectivity index is 2.49. The molecule has 0 bridgehead atoms. The minimum atomic E-state index is -0.386. The van der Waals surface area contributed by atoms with Crippen LogP contribution in [0, 0.1) is 5.82 Å². The van der Waals surface area contributed by atoms with E-state index < -0.39 is 0 Å². The molecule has 2 nitrogen and oxygen atoms in total. The van der Waals surface area contributed by atoms with Crippen molar-refractivity contribution in [3.63, 3.8) is 0 Å². The molecule has 94 valence electrons. The van der Waals surface area contributed by atoms with Gasteiger partial charge in [-0.3, -0.25) is 0 Å². The average molecular weight is 323 g/mol. The first kappa shape index (κ1) is 13.1. The van der Waals surface area contributed by atoms with Gasteiger partial charge in [0.2, 0.25) is 0 Å². The van der Waals surface area contributed by atoms with Crippen LogP contribution in [0.25, 0.3) is 0 Å². The monoisotopic (exact) mass is 321 g/mol. The Labute approximate surface area is 114 Å². The van der Waals surface area contributed by atoms with Crippen LogP contribution >= 0.6 is 27.5 Å². The van der Waals surface area contributed by atoms with E-state index in [1.165, 1.54) is 6.07 Å². The van der Waals surface area contributed by atoms with Gasteiger partial charge in [-0.25, -0.2) is 4.39 Å². The third kappa shape index (κ3) is 2.18. The van der Waals surface area contributed by atoms with Crippen molar-refractivity contribution in [3.8, 4) is 5.75 Å². The number of likely N-dealkylation sites (N-methyl/N-ethyl adjacent to an activating group) is 1. The maximum absolute atomic E-state index is 14.1. The summed E-state index contributed by atoms with van der Waals surface area (Å²) in [5.74, 6) is 0.188. The molecule has 1 aliphatic rings. The predicted octanol–water partition coefficient (Wildman–Crippen LogP) is 4.06. The number of hydrogen-bond donors (Lipinski definition) is 1. The van der Waals surface area contributed by atoms with Gasteiger partial charge in [-0.15, -0.1) is 0 Å². The van der Waals surface area contributed by atoms with E-state index in [4.69, 9.17) is 16.3 Å². The molecule has 0 saturated heterocycles. The number of fused-ring (bicyclic) bond motifs is 1. The van der Waals surface area contributed by atoms with Gasteiger partial charge in [0.05, 0.1) is 21.1 Å². The van der Waals surface area contributed by atoms with E-state index in [2.05, 4.69) is 28.2 Å². The van der Waals surface area contributed by atoms with Gasteiger partial charge in [0.1, 0.15) is 17.7 Å². The largest absolute Gasteiger partial charge is 0.487 e. The standard InChI is InChI=1S/C12H14BrClFNO/c1-3-4-8-11(16-2)9-10(15)7(14)5-6(13)12(9)17-8/h5,8,11,16H,3-4H2,1-2H3. The van der Waals surface area contributed by atoms with Crippen LogP contribution in [0.4, 0.5) is 4.39 Å². The molecule has 0 aliphatic carbocycles. The molecule has 2 atom stereocenters. The number of hydrogen-bond acceptors (Lipinski definition) is 2. The average Bonchev–Trinajstić information content (AvgIpc) is 2.66. The maximum atomic E-state index is 14.1. The van der Waals surface area contributed by atoms with Gasteiger partial charge < -0.3 is 10.1 Å². The lowest BCUT2D eigenvalue weighted by Crippen LogP contribution is -2.28. The fourth-order valence-corrected chi connectivity index (χ4v) is 3.12. The van der Waals surface area contributed by atoms with Crippen LogP contribution in [-0.2, 0) is 0 Å². The number of benzene rings is 1. The highest BCUT2D eigenvalue weighted by atomic mass is 79.9. The summed E-state index contributed by atoms with van der Waals surface area (Å²) in [4.78, 5) is 0. The Morgan fingerprint density at radius 1 is 1.59 bits per heavy atom. The molecule has 0 spiro atoms. The Hall–Kier alpha value is -0.320. The molecule has 17 heavy (non-hydrogen) atoms. The smallest absolute Gasteiger partial charge is 0.150 e. The number of halogens is 3. The van der Waals surface area contributed by atoms with Gasteiger partial charge in [0.25, 0.3) is 0 Å². The van der Waals surface area contributed by atoms with E-state index in [0.29, 0.717) is 15.8 Å². The Morgan fingerprint density at radius 2 is 2.29 bits per heavy atom. The van der Waals surface area contributed by atoms with E-state index in [9.17, 15) is 4.39 Å². The molecule has 0 radical (unpaired) electrons. The highest BCUT2D eigenvalue weighted by Gasteiger charge is 2.37. The van der Waals surface area contributed by atoms with Crippen molar-refractivity contribution < 1.29 is 9.13 Å². The first-order valence-corrected chi connectivity index (χ1v) is 6.78. The van der Waals surface area contributed by atoms with E-state index >= 15 is 0 Å². The van der Waals surface area contributed by atoms with Crippen molar-refractivity contribution in [2.45, 2.75) is 31.9 Å². The van der Waals surface area contributed by atoms with E-state index in [-0.39, 0.29) is 23.0 Å². The molecular weight excluding hydrogens is 308 g/mol. The van der Waals surface area contributed by atoms with E-state index in [1.807, 2.05) is 0 Å². The first-order chi connectivity index (χ1) is 8.10. The second-order valence-corrected chi connectivity index (χ2v) is 5.37. The number of rotatable bonds is 3. The molecule has 1 aliphatic heterocycles. The van der Waals surface area contributed by atoms with Crippen LogP contribution < -0.4 is 10.1 Å². The van der Waals surface area contributed by atoms with Crippen LogP contribution in [0.3, 0.4) is 0 Å². The molecule has 2 unspecified atom stereocenters. The van der Waals surface area contributed by atoms with Gasteiger partial charge >= 0.3 is 0 Å². The second kappa shape index (κ2) is 5.12. The summed E-state index contributed by atoms with van der Waals surface area (Å²) in [6.45, 7) is 2.08. The third-order valence-electron chi connectivity index (χ3n) is 3.00. The Kier molecular flexibility index (Phi) is 3.95. The SMILES string of the molecule is CCCC1Oc2c(Br)cc(Cl)c(F)c2C1NC. The van der Waals surface area contributed by atoms with Gasteiger partial charge in [0, 0.05) is 0 Å². The summed E-state index contributed by atoms with van der Waals surface area (Å²) in [5.41, 5.74) is 0.533. The lowest BCUT2D eigenvalue weighted by molar-refractivity contribution is 0.181. The molecule has 0 fully saturated rings. The fraction of sp³-hybridized carbons (Fsp3) is 0.500. The van der Waals surface area contributed by atoms with E-state index in [1.54, 1.807) is 7.05 Å². The molecule has 1 N–H and O–H groups in total. The van der Waals surface area contributed by atoms with Crippen LogP contribution in [0.1, 0.15) is 31.4 Å². The number of nitrogens with one attached hydrogen (secondary N) is 1. The van der Waals surface area contributed by atoms with Gasteiger partial charge in [-0.05, 0) is 35.5 Å². The molecule has 0 amide bonds. The van der Waals surface area contributed by atoms with Gasteiger partial charge in [-0.1, -0.05) is 24.9 Å². The van der Waals surface area contributed by atoms with Crippen molar-refractivity contribution >= 4 is 27.5 Å². The maximum Gasteiger partial charge on any atom is 0.150 e. The molecule has 2 rings (SSSR count). The van der Waals surface area contributed by atoms with Crippen LogP contribution in [0.2, 0.25) is 5.02 Å². The molecule has 1 aromatic carbocycles. The normalized spacial score (nSPS) is 22.4. The zero-order valence-corrected chi connectivity index (χ0v) is 12.0. The first-order valence-electron chi connectivity index (χ1n) is 5.61. The second-order valence-electron chi connectivity index (χ2n) is 4.11. The highest BCUT2D eigenvalue weighted by Crippen LogP contribution is 2.46. The molecular formula is C12H14BrClFNO. The predicted molar refractivity (Wildman–Crippen MR) is 70.2 cm³/mol. The van der Waals surface area contributed by atoms with Gasteiger partial charge in [-0.2, -0.15) is 0 Å². The summed E-state index contributed by atoms with van der Waals surface area (Å²) in [6.07, 6.45) is 1.83. The summed E-state index contributed by atoms with van der Waals surface area (Å²) in [5, 5.41) is 3.23. The zero-order chi connectivity index (χ0) is 12.6. The van der Waals surface area contributed by atoms with Gasteiger partial charge in [0.15, 0.2) is 0 Å². The molecule has 1 heterocycles. The Morgan fingerprint density at radius 3 is 2.88 bits per heavy atom. The topological polar surface area (TPSA) is 21.3 Å². The van der Waals surface area contributed by atoms with Crippen molar-refractivity contribution in [3.05, 3.63) is 26.9 Å². The lowest BCUT2D eigenvalue weighted by Gasteiger charge is -2.17. The minimum absolute atomic E-state index is 0.0377. The van der Waals surface area contributed by atoms with E-state index in [0.717, 1.165) is 12.8 Å². The van der Waals surface area contributed by atoms with Crippen LogP contribution in [0.5, 0.6) is 5.75 Å². The third-order valence-corrected chi connectivity index (χ3v) is 3.86. The Bertz CT molecular complexity index is 441. The summed E-state index contributed by atoms with van der Waals surface area (Å²) >= 11 is 9.22. The zero-order valence-electron chi connectivity index (χ0n) is 9.69. The molecule has 0 saturated carbocycles. The van der Waals surface area contributed by atoms with Crippen molar-refractivity contribution in [2.75, 3.05) is 7.05 Å². The summed E-state index contributed by atoms with van der Waals surface area (Å²) in [6, 6.07) is 1.40. The minimum Gasteiger partial charge on any atom is -0.487 e. The van der Waals surface area contributed by atoms with Crippen molar-refractivity contribution in [1.82, 2.24) is 5.32 Å². The molecule has 0 aromatic heterocycles. The molecule has 1 aromatic rings. The lowest BCUT2D eigenvalue weighted by atomic mass is 10.0. The number of ether oxygens (including phenoxy) is 1. The van der Waals surface area contributed by atoms with Crippen molar-refractivity contribution in [1.29, 1.82) is 0 Å². The van der Waals surface area contributed by atoms with Crippen molar-refractivity contribution in [2.24, 2.45) is 0 Å². The van der Waals surface area contributed by atoms with Crippen LogP contribution in [0.15, 0.2) is 10.5 Å². The quantitative estimate of drug-likeness (QED) is 0.847. The molecule has 5 heteroatoms. The van der Waals surface area contributed by atoms with Crippen LogP contribution in [-0.4, -0.2) is 13.2 Å². The fourth-order valence-electron chi connectivity index (χ4n) is 2.24. The summed E-state index contributed by atoms with van der Waals surface area (Å²) < 4.78 is 20.6. The highest BCUT2D eigenvalue weighted by molar-refractivity contribution is 9.10. The summed E-state index contributed by atoms with van der Waals surface area (Å²) in [7, 11) is 1.81.